The Morgan fingerprint density at radius 3 is 2.00 bits per heavy atom. The van der Waals surface area contributed by atoms with Crippen molar-refractivity contribution in [3.8, 4) is 0 Å². The molecule has 4 nitrogen and oxygen atoms in total. The summed E-state index contributed by atoms with van der Waals surface area (Å²) in [4.78, 5) is 0. The summed E-state index contributed by atoms with van der Waals surface area (Å²) in [5.74, 6) is -0.343. The first-order valence-corrected chi connectivity index (χ1v) is 8.20. The Kier molecular flexibility index (Phi) is 9.78. The first-order chi connectivity index (χ1) is 7.95. The van der Waals surface area contributed by atoms with Gasteiger partial charge >= 0.3 is 0 Å². The molecular weight excluding hydrogens is 240 g/mol. The molecule has 0 aliphatic rings. The summed E-state index contributed by atoms with van der Waals surface area (Å²) in [5, 5.41) is 9.48. The Balaban J connectivity index is 3.30. The van der Waals surface area contributed by atoms with E-state index in [1.165, 1.54) is 32.1 Å². The third kappa shape index (κ3) is 13.8. The summed E-state index contributed by atoms with van der Waals surface area (Å²) in [6, 6.07) is 0. The topological polar surface area (TPSA) is 74.6 Å². The molecule has 0 spiro atoms. The summed E-state index contributed by atoms with van der Waals surface area (Å²) in [7, 11) is -3.92. The van der Waals surface area contributed by atoms with Crippen LogP contribution in [0.4, 0.5) is 0 Å². The molecule has 0 rings (SSSR count). The van der Waals surface area contributed by atoms with Crippen molar-refractivity contribution in [2.24, 2.45) is 0 Å². The molecule has 104 valence electrons. The van der Waals surface area contributed by atoms with Gasteiger partial charge in [0.1, 0.15) is 0 Å². The minimum atomic E-state index is -3.92. The normalized spacial score (nSPS) is 13.8. The molecule has 0 radical (unpaired) electrons. The Hall–Kier alpha value is -0.130. The van der Waals surface area contributed by atoms with E-state index >= 15 is 0 Å². The van der Waals surface area contributed by atoms with Crippen LogP contribution in [-0.4, -0.2) is 29.9 Å². The van der Waals surface area contributed by atoms with Crippen LogP contribution in [0, 0.1) is 0 Å². The molecule has 0 aromatic carbocycles. The van der Waals surface area contributed by atoms with Gasteiger partial charge in [0.15, 0.2) is 0 Å². The van der Waals surface area contributed by atoms with E-state index in [0.717, 1.165) is 12.8 Å². The molecule has 0 aliphatic carbocycles. The van der Waals surface area contributed by atoms with Crippen molar-refractivity contribution in [1.82, 2.24) is 0 Å². The van der Waals surface area contributed by atoms with E-state index in [2.05, 4.69) is 6.92 Å². The van der Waals surface area contributed by atoms with E-state index in [4.69, 9.17) is 4.55 Å². The van der Waals surface area contributed by atoms with Crippen LogP contribution in [0.25, 0.3) is 0 Å². The lowest BCUT2D eigenvalue weighted by Crippen LogP contribution is -2.14. The molecule has 17 heavy (non-hydrogen) atoms. The molecule has 0 bridgehead atoms. The van der Waals surface area contributed by atoms with Crippen molar-refractivity contribution in [2.75, 3.05) is 5.75 Å². The lowest BCUT2D eigenvalue weighted by atomic mass is 10.1. The van der Waals surface area contributed by atoms with Gasteiger partial charge in [-0.15, -0.1) is 0 Å². The molecule has 1 atom stereocenters. The maximum atomic E-state index is 10.5. The number of rotatable bonds is 11. The zero-order valence-corrected chi connectivity index (χ0v) is 11.6. The highest BCUT2D eigenvalue weighted by Crippen LogP contribution is 2.11. The van der Waals surface area contributed by atoms with Gasteiger partial charge in [-0.1, -0.05) is 51.9 Å². The van der Waals surface area contributed by atoms with Gasteiger partial charge in [0.2, 0.25) is 0 Å². The number of hydrogen-bond donors (Lipinski definition) is 2. The van der Waals surface area contributed by atoms with Crippen LogP contribution < -0.4 is 0 Å². The van der Waals surface area contributed by atoms with Crippen molar-refractivity contribution in [2.45, 2.75) is 70.8 Å². The average Bonchev–Trinajstić information content (AvgIpc) is 2.24. The van der Waals surface area contributed by atoms with Crippen LogP contribution in [0.2, 0.25) is 0 Å². The maximum absolute atomic E-state index is 10.5. The highest BCUT2D eigenvalue weighted by Gasteiger charge is 2.10. The van der Waals surface area contributed by atoms with Crippen molar-refractivity contribution in [3.05, 3.63) is 0 Å². The molecule has 0 fully saturated rings. The SMILES string of the molecule is CCCCCCCCCC(O)CCS(=O)(=O)O. The fourth-order valence-electron chi connectivity index (χ4n) is 1.77. The fraction of sp³-hybridized carbons (Fsp3) is 1.00. The number of aliphatic hydroxyl groups excluding tert-OH is 1. The Bertz CT molecular complexity index is 262. The van der Waals surface area contributed by atoms with Crippen LogP contribution in [0.3, 0.4) is 0 Å². The summed E-state index contributed by atoms with van der Waals surface area (Å²) in [6.45, 7) is 2.19. The predicted octanol–water partition coefficient (Wildman–Crippen LogP) is 2.77. The maximum Gasteiger partial charge on any atom is 0.264 e. The quantitative estimate of drug-likeness (QED) is 0.445. The Morgan fingerprint density at radius 1 is 0.941 bits per heavy atom. The van der Waals surface area contributed by atoms with Gasteiger partial charge in [-0.05, 0) is 12.8 Å². The second kappa shape index (κ2) is 9.85. The van der Waals surface area contributed by atoms with E-state index in [-0.39, 0.29) is 12.2 Å². The third-order valence-electron chi connectivity index (χ3n) is 2.85. The van der Waals surface area contributed by atoms with Gasteiger partial charge < -0.3 is 5.11 Å². The Labute approximate surface area is 105 Å². The van der Waals surface area contributed by atoms with Gasteiger partial charge in [0.05, 0.1) is 11.9 Å². The van der Waals surface area contributed by atoms with Crippen molar-refractivity contribution >= 4 is 10.1 Å². The number of aliphatic hydroxyl groups is 1. The second-order valence-electron chi connectivity index (χ2n) is 4.64. The van der Waals surface area contributed by atoms with Gasteiger partial charge in [-0.25, -0.2) is 0 Å². The highest BCUT2D eigenvalue weighted by molar-refractivity contribution is 7.85. The number of hydrogen-bond acceptors (Lipinski definition) is 3. The molecule has 0 saturated carbocycles. The summed E-state index contributed by atoms with van der Waals surface area (Å²) in [6.07, 6.45) is 8.42. The predicted molar refractivity (Wildman–Crippen MR) is 69.6 cm³/mol. The van der Waals surface area contributed by atoms with Crippen LogP contribution >= 0.6 is 0 Å². The summed E-state index contributed by atoms with van der Waals surface area (Å²) < 4.78 is 29.4. The molecule has 0 aromatic rings. The number of unbranched alkanes of at least 4 members (excludes halogenated alkanes) is 6. The average molecular weight is 266 g/mol. The molecular formula is C12H26O4S. The van der Waals surface area contributed by atoms with E-state index in [1.807, 2.05) is 0 Å². The summed E-state index contributed by atoms with van der Waals surface area (Å²) in [5.41, 5.74) is 0. The van der Waals surface area contributed by atoms with Gasteiger partial charge in [0.25, 0.3) is 10.1 Å². The van der Waals surface area contributed by atoms with Gasteiger partial charge in [0, 0.05) is 0 Å². The summed E-state index contributed by atoms with van der Waals surface area (Å²) >= 11 is 0. The third-order valence-corrected chi connectivity index (χ3v) is 3.60. The van der Waals surface area contributed by atoms with E-state index in [0.29, 0.717) is 6.42 Å². The van der Waals surface area contributed by atoms with E-state index in [1.54, 1.807) is 0 Å². The standard InChI is InChI=1S/C12H26O4S/c1-2-3-4-5-6-7-8-9-12(13)10-11-17(14,15)16/h12-13H,2-11H2,1H3,(H,14,15,16). The van der Waals surface area contributed by atoms with Crippen molar-refractivity contribution < 1.29 is 18.1 Å². The smallest absolute Gasteiger partial charge is 0.264 e. The zero-order valence-electron chi connectivity index (χ0n) is 10.8. The lowest BCUT2D eigenvalue weighted by Gasteiger charge is -2.08. The van der Waals surface area contributed by atoms with Crippen LogP contribution in [0.15, 0.2) is 0 Å². The Morgan fingerprint density at radius 2 is 1.47 bits per heavy atom. The lowest BCUT2D eigenvalue weighted by molar-refractivity contribution is 0.156. The minimum Gasteiger partial charge on any atom is -0.393 e. The molecule has 0 heterocycles. The molecule has 5 heteroatoms. The second-order valence-corrected chi connectivity index (χ2v) is 6.21. The van der Waals surface area contributed by atoms with Crippen LogP contribution in [0.1, 0.15) is 64.7 Å². The molecule has 0 amide bonds. The van der Waals surface area contributed by atoms with Gasteiger partial charge in [-0.2, -0.15) is 8.42 Å². The van der Waals surface area contributed by atoms with Crippen molar-refractivity contribution in [3.63, 3.8) is 0 Å². The van der Waals surface area contributed by atoms with Crippen molar-refractivity contribution in [1.29, 1.82) is 0 Å². The van der Waals surface area contributed by atoms with Gasteiger partial charge in [-0.3, -0.25) is 4.55 Å². The highest BCUT2D eigenvalue weighted by atomic mass is 32.2. The molecule has 2 N–H and O–H groups in total. The van der Waals surface area contributed by atoms with E-state index in [9.17, 15) is 13.5 Å². The van der Waals surface area contributed by atoms with E-state index < -0.39 is 16.2 Å². The minimum absolute atomic E-state index is 0.134. The molecule has 0 saturated heterocycles. The zero-order chi connectivity index (χ0) is 13.1. The monoisotopic (exact) mass is 266 g/mol. The largest absolute Gasteiger partial charge is 0.393 e. The first kappa shape index (κ1) is 16.9. The molecule has 0 aromatic heterocycles. The van der Waals surface area contributed by atoms with Crippen LogP contribution in [0.5, 0.6) is 0 Å². The first-order valence-electron chi connectivity index (χ1n) is 6.59. The van der Waals surface area contributed by atoms with Crippen LogP contribution in [-0.2, 0) is 10.1 Å². The molecule has 0 aliphatic heterocycles. The molecule has 1 unspecified atom stereocenters. The fourth-order valence-corrected chi connectivity index (χ4v) is 2.34.